The van der Waals surface area contributed by atoms with E-state index in [1.165, 1.54) is 70.8 Å². The Labute approximate surface area is 793 Å². The van der Waals surface area contributed by atoms with Crippen LogP contribution in [-0.2, 0) is 0 Å². The van der Waals surface area contributed by atoms with E-state index < -0.39 is 0 Å². The smallest absolute Gasteiger partial charge is 0.235 e. The second kappa shape index (κ2) is 33.8. The molecule has 13 nitrogen and oxygen atoms in total. The zero-order valence-electron chi connectivity index (χ0n) is 74.6. The maximum Gasteiger partial charge on any atom is 0.235 e. The van der Waals surface area contributed by atoms with Crippen LogP contribution in [-0.4, -0.2) is 62.3 Å². The minimum Gasteiger partial charge on any atom is -0.316 e. The highest BCUT2D eigenvalue weighted by Gasteiger charge is 2.27. The van der Waals surface area contributed by atoms with Crippen LogP contribution in [0, 0.1) is 0 Å². The van der Waals surface area contributed by atoms with Crippen molar-refractivity contribution in [3.63, 3.8) is 0 Å². The van der Waals surface area contributed by atoms with Gasteiger partial charge in [0.2, 0.25) is 17.8 Å². The molecule has 0 N–H and O–H groups in total. The van der Waals surface area contributed by atoms with Gasteiger partial charge in [0.15, 0.2) is 0 Å². The fraction of sp³-hybridized carbons (Fsp3) is 0. The van der Waals surface area contributed by atoms with Gasteiger partial charge in [-0.3, -0.25) is 13.7 Å². The van der Waals surface area contributed by atoms with Crippen molar-refractivity contribution in [2.45, 2.75) is 0 Å². The molecule has 0 aliphatic rings. The fourth-order valence-corrected chi connectivity index (χ4v) is 20.4. The van der Waals surface area contributed by atoms with E-state index in [0.29, 0.717) is 17.8 Å². The molecule has 0 aliphatic heterocycles. The van der Waals surface area contributed by atoms with Crippen molar-refractivity contribution in [2.75, 3.05) is 0 Å². The molecule has 0 unspecified atom stereocenters. The molecule has 646 valence electrons. The molecule has 28 rings (SSSR count). The van der Waals surface area contributed by atoms with Crippen LogP contribution in [0.15, 0.2) is 492 Å². The van der Waals surface area contributed by atoms with Crippen molar-refractivity contribution in [3.8, 4) is 113 Å². The minimum absolute atomic E-state index is 0.607. The van der Waals surface area contributed by atoms with E-state index in [0.717, 1.165) is 156 Å². The zero-order chi connectivity index (χ0) is 91.1. The number of pyridine rings is 1. The first kappa shape index (κ1) is 80.0. The fourth-order valence-electron chi connectivity index (χ4n) is 20.4. The number of aromatic nitrogens is 13. The summed E-state index contributed by atoms with van der Waals surface area (Å²) in [6, 6.07) is 165. The maximum absolute atomic E-state index is 5.41. The van der Waals surface area contributed by atoms with Gasteiger partial charge in [0, 0.05) is 117 Å². The first-order valence-electron chi connectivity index (χ1n) is 46.5. The Kier molecular flexibility index (Phi) is 19.6. The van der Waals surface area contributed by atoms with Gasteiger partial charge in [-0.2, -0.15) is 0 Å². The number of hydrogen-bond donors (Lipinski definition) is 0. The van der Waals surface area contributed by atoms with Crippen molar-refractivity contribution >= 4 is 131 Å². The third-order valence-electron chi connectivity index (χ3n) is 26.7. The van der Waals surface area contributed by atoms with E-state index in [2.05, 4.69) is 471 Å². The molecule has 0 aliphatic carbocycles. The molecular formula is C125H81N13. The van der Waals surface area contributed by atoms with Crippen LogP contribution >= 0.6 is 0 Å². The average Bonchev–Trinajstić information content (AvgIpc) is 1.57. The summed E-state index contributed by atoms with van der Waals surface area (Å²) in [5.74, 6) is 1.93. The number of rotatable bonds is 13. The number of fused-ring (bicyclic) bond motifs is 18. The van der Waals surface area contributed by atoms with Crippen LogP contribution in [0.25, 0.3) is 244 Å². The van der Waals surface area contributed by atoms with E-state index in [-0.39, 0.29) is 0 Å². The van der Waals surface area contributed by atoms with E-state index in [1.54, 1.807) is 0 Å². The Morgan fingerprint density at radius 3 is 0.855 bits per heavy atom. The number of nitrogens with zero attached hydrogens (tertiary/aromatic N) is 13. The summed E-state index contributed by atoms with van der Waals surface area (Å²) in [5.41, 5.74) is 30.4. The highest BCUT2D eigenvalue weighted by molar-refractivity contribution is 6.24. The van der Waals surface area contributed by atoms with Gasteiger partial charge in [-0.25, -0.2) is 34.9 Å². The van der Waals surface area contributed by atoms with Crippen LogP contribution < -0.4 is 0 Å². The zero-order valence-corrected chi connectivity index (χ0v) is 74.6. The van der Waals surface area contributed by atoms with Gasteiger partial charge in [-0.1, -0.05) is 346 Å². The molecule has 13 heteroatoms. The van der Waals surface area contributed by atoms with Crippen LogP contribution in [0.2, 0.25) is 0 Å². The summed E-state index contributed by atoms with van der Waals surface area (Å²) in [5, 5.41) is 13.6. The molecule has 0 saturated carbocycles. The van der Waals surface area contributed by atoms with E-state index in [4.69, 9.17) is 34.9 Å². The summed E-state index contributed by atoms with van der Waals surface area (Å²) >= 11 is 0. The highest BCUT2D eigenvalue weighted by Crippen LogP contribution is 2.45. The van der Waals surface area contributed by atoms with Crippen LogP contribution in [0.3, 0.4) is 0 Å². The van der Waals surface area contributed by atoms with Crippen LogP contribution in [0.1, 0.15) is 0 Å². The Balaban J connectivity index is 0.000000107. The Bertz CT molecular complexity index is 9500. The molecule has 0 saturated heterocycles. The lowest BCUT2D eigenvalue weighted by atomic mass is 10.00. The maximum atomic E-state index is 5.41. The van der Waals surface area contributed by atoms with Gasteiger partial charge in [-0.15, -0.1) is 0 Å². The second-order valence-corrected chi connectivity index (χ2v) is 34.7. The van der Waals surface area contributed by atoms with Gasteiger partial charge >= 0.3 is 0 Å². The standard InChI is InChI=1S/C45H29N5.2C40H26N4/c1-4-14-30(15-5-1)33-28-38(31-16-6-2-7-17-31)46-39(29-33)43-35-20-10-12-22-37(35)47-45(48-43)50-40-23-13-11-21-36(40)42-41(50)25-24-32-26-27-49(44(32)42)34-18-8-3-9-19-34;1-3-12-27(13-4-1)29-14-11-15-30(26-29)38-32-18-7-9-20-34(32)41-40(42-38)44-35-21-10-8-19-33(35)37-36(44)23-22-28-24-25-43(39(28)37)31-16-5-2-6-17-31;1-3-11-27(12-4-1)28-19-21-29(22-20-28)38-32-15-7-9-17-34(32)41-40(42-38)44-35-18-10-8-16-33(35)37-36(44)24-23-30-25-26-43(39(30)37)31-13-5-2-6-14-31/h1-29H;2*1-26H. The Morgan fingerprint density at radius 2 is 0.449 bits per heavy atom. The summed E-state index contributed by atoms with van der Waals surface area (Å²) in [6.07, 6.45) is 6.48. The SMILES string of the molecule is c1ccc(-c2cc(-c3ccccc3)nc(-c3nc(-n4c5ccccc5c5c6c(ccc54)ccn6-c4ccccc4)nc4ccccc34)c2)cc1.c1ccc(-c2ccc(-c3nc(-n4c5ccccc5c5c6c(ccc54)ccn6-c4ccccc4)nc4ccccc34)cc2)cc1.c1ccc(-c2cccc(-c3nc(-n4c5ccccc5c5c6c(ccc54)ccn6-c4ccccc4)nc4ccccc34)c2)cc1. The molecule has 0 spiro atoms. The third kappa shape index (κ3) is 13.9. The second-order valence-electron chi connectivity index (χ2n) is 34.7. The molecule has 0 amide bonds. The molecular weight excluding hydrogens is 1680 g/mol. The Hall–Kier alpha value is -18.9. The number of para-hydroxylation sites is 9. The number of benzene rings is 18. The average molecular weight is 1770 g/mol. The van der Waals surface area contributed by atoms with Crippen molar-refractivity contribution in [1.29, 1.82) is 0 Å². The molecule has 28 aromatic rings. The lowest BCUT2D eigenvalue weighted by molar-refractivity contribution is 1.01. The Morgan fingerprint density at radius 1 is 0.159 bits per heavy atom. The number of hydrogen-bond acceptors (Lipinski definition) is 7. The highest BCUT2D eigenvalue weighted by atomic mass is 15.2. The predicted octanol–water partition coefficient (Wildman–Crippen LogP) is 31.1. The lowest BCUT2D eigenvalue weighted by Gasteiger charge is -2.14. The van der Waals surface area contributed by atoms with Gasteiger partial charge in [0.1, 0.15) is 5.69 Å². The summed E-state index contributed by atoms with van der Waals surface area (Å²) in [6.45, 7) is 0. The molecule has 10 heterocycles. The van der Waals surface area contributed by atoms with E-state index >= 15 is 0 Å². The van der Waals surface area contributed by atoms with Crippen LogP contribution in [0.4, 0.5) is 0 Å². The van der Waals surface area contributed by atoms with Gasteiger partial charge in [0.25, 0.3) is 0 Å². The quantitative estimate of drug-likeness (QED) is 0.113. The van der Waals surface area contributed by atoms with Crippen molar-refractivity contribution in [3.05, 3.63) is 492 Å². The molecule has 0 radical (unpaired) electrons. The summed E-state index contributed by atoms with van der Waals surface area (Å²) in [7, 11) is 0. The molecule has 0 fully saturated rings. The third-order valence-corrected chi connectivity index (χ3v) is 26.7. The summed E-state index contributed by atoms with van der Waals surface area (Å²) < 4.78 is 13.5. The monoisotopic (exact) mass is 1760 g/mol. The van der Waals surface area contributed by atoms with E-state index in [9.17, 15) is 0 Å². The minimum atomic E-state index is 0.607. The van der Waals surface area contributed by atoms with Gasteiger partial charge in [0.05, 0.1) is 89.0 Å². The molecule has 18 aromatic carbocycles. The summed E-state index contributed by atoms with van der Waals surface area (Å²) in [4.78, 5) is 36.9. The largest absolute Gasteiger partial charge is 0.316 e. The van der Waals surface area contributed by atoms with Crippen molar-refractivity contribution < 1.29 is 0 Å². The van der Waals surface area contributed by atoms with Crippen LogP contribution in [0.5, 0.6) is 0 Å². The first-order chi connectivity index (χ1) is 68.5. The normalized spacial score (nSPS) is 11.6. The topological polar surface area (TPSA) is 120 Å². The predicted molar refractivity (Wildman–Crippen MR) is 568 cm³/mol. The van der Waals surface area contributed by atoms with Gasteiger partial charge in [-0.05, 0) is 161 Å². The van der Waals surface area contributed by atoms with Gasteiger partial charge < -0.3 is 13.7 Å². The molecule has 10 aromatic heterocycles. The van der Waals surface area contributed by atoms with E-state index in [1.807, 2.05) is 48.5 Å². The molecule has 138 heavy (non-hydrogen) atoms. The van der Waals surface area contributed by atoms with Crippen molar-refractivity contribution in [1.82, 2.24) is 62.3 Å². The lowest BCUT2D eigenvalue weighted by Crippen LogP contribution is -2.04. The first-order valence-corrected chi connectivity index (χ1v) is 46.5. The molecule has 0 bridgehead atoms. The van der Waals surface area contributed by atoms with Crippen molar-refractivity contribution in [2.24, 2.45) is 0 Å². The molecule has 0 atom stereocenters.